The summed E-state index contributed by atoms with van der Waals surface area (Å²) in [5.41, 5.74) is 1.73. The van der Waals surface area contributed by atoms with Crippen molar-refractivity contribution in [3.63, 3.8) is 0 Å². The van der Waals surface area contributed by atoms with Gasteiger partial charge in [-0.15, -0.1) is 11.8 Å². The quantitative estimate of drug-likeness (QED) is 0.442. The number of halogens is 1. The molecule has 0 saturated heterocycles. The molecule has 0 radical (unpaired) electrons. The van der Waals surface area contributed by atoms with Crippen molar-refractivity contribution in [2.45, 2.75) is 4.90 Å². The second kappa shape index (κ2) is 6.73. The van der Waals surface area contributed by atoms with E-state index in [0.29, 0.717) is 5.56 Å². The van der Waals surface area contributed by atoms with E-state index in [9.17, 15) is 4.79 Å². The molecule has 1 nitrogen and oxygen atoms in total. The number of benzene rings is 2. The van der Waals surface area contributed by atoms with Crippen LogP contribution in [0.15, 0.2) is 64.0 Å². The summed E-state index contributed by atoms with van der Waals surface area (Å²) in [4.78, 5) is 13.2. The monoisotopic (exact) mass is 332 g/mol. The average molecular weight is 333 g/mol. The topological polar surface area (TPSA) is 17.1 Å². The first-order valence-corrected chi connectivity index (χ1v) is 7.83. The van der Waals surface area contributed by atoms with Gasteiger partial charge in [0.15, 0.2) is 5.78 Å². The fourth-order valence-electron chi connectivity index (χ4n) is 1.60. The van der Waals surface area contributed by atoms with Crippen LogP contribution < -0.4 is 0 Å². The molecule has 2 aromatic rings. The lowest BCUT2D eigenvalue weighted by Gasteiger charge is -1.98. The Bertz CT molecular complexity index is 585. The van der Waals surface area contributed by atoms with E-state index in [1.165, 1.54) is 4.90 Å². The van der Waals surface area contributed by atoms with E-state index in [2.05, 4.69) is 28.1 Å². The molecule has 19 heavy (non-hydrogen) atoms. The van der Waals surface area contributed by atoms with Crippen LogP contribution in [0.25, 0.3) is 6.08 Å². The Balaban J connectivity index is 2.08. The number of thioether (sulfide) groups is 1. The van der Waals surface area contributed by atoms with Crippen LogP contribution in [0.4, 0.5) is 0 Å². The lowest BCUT2D eigenvalue weighted by Crippen LogP contribution is -1.93. The van der Waals surface area contributed by atoms with Gasteiger partial charge < -0.3 is 0 Å². The number of hydrogen-bond acceptors (Lipinski definition) is 2. The number of rotatable bonds is 4. The Morgan fingerprint density at radius 3 is 2.26 bits per heavy atom. The van der Waals surface area contributed by atoms with Crippen LogP contribution in [0.2, 0.25) is 0 Å². The van der Waals surface area contributed by atoms with Crippen molar-refractivity contribution < 1.29 is 4.79 Å². The first-order chi connectivity index (χ1) is 9.19. The number of ketones is 1. The molecule has 0 unspecified atom stereocenters. The van der Waals surface area contributed by atoms with Gasteiger partial charge in [-0.2, -0.15) is 0 Å². The Kier molecular flexibility index (Phi) is 5.00. The Labute approximate surface area is 125 Å². The molecule has 0 amide bonds. The fraction of sp³-hybridized carbons (Fsp3) is 0.0625. The van der Waals surface area contributed by atoms with Crippen LogP contribution >= 0.6 is 27.7 Å². The highest BCUT2D eigenvalue weighted by Crippen LogP contribution is 2.16. The lowest BCUT2D eigenvalue weighted by atomic mass is 10.1. The van der Waals surface area contributed by atoms with E-state index in [4.69, 9.17) is 0 Å². The SMILES string of the molecule is CSc1ccc(/C=C/C(=O)c2ccc(Br)cc2)cc1. The summed E-state index contributed by atoms with van der Waals surface area (Å²) in [6.45, 7) is 0. The molecular weight excluding hydrogens is 320 g/mol. The molecule has 0 bridgehead atoms. The molecule has 0 aliphatic heterocycles. The minimum Gasteiger partial charge on any atom is -0.289 e. The third-order valence-corrected chi connectivity index (χ3v) is 3.94. The van der Waals surface area contributed by atoms with Crippen molar-refractivity contribution in [2.75, 3.05) is 6.26 Å². The van der Waals surface area contributed by atoms with Crippen molar-refractivity contribution in [1.29, 1.82) is 0 Å². The standard InChI is InChI=1S/C16H13BrOS/c1-19-15-9-2-12(3-10-15)4-11-16(18)13-5-7-14(17)8-6-13/h2-11H,1H3/b11-4+. The van der Waals surface area contributed by atoms with Gasteiger partial charge in [0.05, 0.1) is 0 Å². The smallest absolute Gasteiger partial charge is 0.185 e. The van der Waals surface area contributed by atoms with Crippen molar-refractivity contribution in [3.8, 4) is 0 Å². The minimum absolute atomic E-state index is 0.0152. The third kappa shape index (κ3) is 4.08. The molecule has 0 heterocycles. The van der Waals surface area contributed by atoms with Gasteiger partial charge in [0.1, 0.15) is 0 Å². The summed E-state index contributed by atoms with van der Waals surface area (Å²) in [5, 5.41) is 0. The zero-order valence-corrected chi connectivity index (χ0v) is 12.9. The maximum absolute atomic E-state index is 11.9. The number of allylic oxidation sites excluding steroid dienone is 1. The zero-order chi connectivity index (χ0) is 13.7. The fourth-order valence-corrected chi connectivity index (χ4v) is 2.27. The minimum atomic E-state index is 0.0152. The second-order valence-corrected chi connectivity index (χ2v) is 5.77. The molecular formula is C16H13BrOS. The van der Waals surface area contributed by atoms with Crippen LogP contribution in [-0.4, -0.2) is 12.0 Å². The van der Waals surface area contributed by atoms with Crippen LogP contribution in [0.1, 0.15) is 15.9 Å². The highest BCUT2D eigenvalue weighted by atomic mass is 79.9. The molecule has 0 atom stereocenters. The predicted molar refractivity (Wildman–Crippen MR) is 85.7 cm³/mol. The molecule has 0 fully saturated rings. The maximum atomic E-state index is 11.9. The van der Waals surface area contributed by atoms with Gasteiger partial charge in [-0.05, 0) is 54.3 Å². The van der Waals surface area contributed by atoms with Crippen molar-refractivity contribution >= 4 is 39.6 Å². The summed E-state index contributed by atoms with van der Waals surface area (Å²) in [7, 11) is 0. The van der Waals surface area contributed by atoms with Gasteiger partial charge in [0.2, 0.25) is 0 Å². The van der Waals surface area contributed by atoms with Crippen LogP contribution in [0.3, 0.4) is 0 Å². The van der Waals surface area contributed by atoms with E-state index in [-0.39, 0.29) is 5.78 Å². The highest BCUT2D eigenvalue weighted by molar-refractivity contribution is 9.10. The molecule has 0 spiro atoms. The predicted octanol–water partition coefficient (Wildman–Crippen LogP) is 5.07. The summed E-state index contributed by atoms with van der Waals surface area (Å²) in [5.74, 6) is 0.0152. The summed E-state index contributed by atoms with van der Waals surface area (Å²) < 4.78 is 0.973. The molecule has 2 rings (SSSR count). The number of carbonyl (C=O) groups excluding carboxylic acids is 1. The van der Waals surface area contributed by atoms with Crippen LogP contribution in [0.5, 0.6) is 0 Å². The Morgan fingerprint density at radius 2 is 1.68 bits per heavy atom. The molecule has 0 N–H and O–H groups in total. The third-order valence-electron chi connectivity index (χ3n) is 2.67. The molecule has 2 aromatic carbocycles. The van der Waals surface area contributed by atoms with Crippen LogP contribution in [-0.2, 0) is 0 Å². The summed E-state index contributed by atoms with van der Waals surface area (Å²) >= 11 is 5.06. The van der Waals surface area contributed by atoms with E-state index >= 15 is 0 Å². The molecule has 0 aliphatic carbocycles. The van der Waals surface area contributed by atoms with Crippen molar-refractivity contribution in [1.82, 2.24) is 0 Å². The van der Waals surface area contributed by atoms with Gasteiger partial charge in [0, 0.05) is 14.9 Å². The maximum Gasteiger partial charge on any atom is 0.185 e. The van der Waals surface area contributed by atoms with Gasteiger partial charge in [0.25, 0.3) is 0 Å². The largest absolute Gasteiger partial charge is 0.289 e. The number of hydrogen-bond donors (Lipinski definition) is 0. The highest BCUT2D eigenvalue weighted by Gasteiger charge is 2.00. The van der Waals surface area contributed by atoms with Gasteiger partial charge >= 0.3 is 0 Å². The van der Waals surface area contributed by atoms with E-state index in [1.807, 2.05) is 48.7 Å². The van der Waals surface area contributed by atoms with Crippen molar-refractivity contribution in [3.05, 3.63) is 70.2 Å². The Hall–Kier alpha value is -1.32. The van der Waals surface area contributed by atoms with Gasteiger partial charge in [-0.3, -0.25) is 4.79 Å². The molecule has 3 heteroatoms. The van der Waals surface area contributed by atoms with E-state index < -0.39 is 0 Å². The van der Waals surface area contributed by atoms with Gasteiger partial charge in [-0.1, -0.05) is 34.1 Å². The summed E-state index contributed by atoms with van der Waals surface area (Å²) in [6, 6.07) is 15.5. The van der Waals surface area contributed by atoms with Crippen molar-refractivity contribution in [2.24, 2.45) is 0 Å². The molecule has 96 valence electrons. The first-order valence-electron chi connectivity index (χ1n) is 5.81. The number of carbonyl (C=O) groups is 1. The summed E-state index contributed by atoms with van der Waals surface area (Å²) in [6.07, 6.45) is 5.49. The van der Waals surface area contributed by atoms with E-state index in [0.717, 1.165) is 10.0 Å². The second-order valence-electron chi connectivity index (χ2n) is 3.98. The Morgan fingerprint density at radius 1 is 1.05 bits per heavy atom. The van der Waals surface area contributed by atoms with Gasteiger partial charge in [-0.25, -0.2) is 0 Å². The first kappa shape index (κ1) is 14.1. The molecule has 0 aromatic heterocycles. The average Bonchev–Trinajstić information content (AvgIpc) is 2.46. The lowest BCUT2D eigenvalue weighted by molar-refractivity contribution is 0.104. The molecule has 0 saturated carbocycles. The normalized spacial score (nSPS) is 10.8. The molecule has 0 aliphatic rings. The van der Waals surface area contributed by atoms with E-state index in [1.54, 1.807) is 17.8 Å². The van der Waals surface area contributed by atoms with Crippen LogP contribution in [0, 0.1) is 0 Å². The zero-order valence-electron chi connectivity index (χ0n) is 10.5.